The summed E-state index contributed by atoms with van der Waals surface area (Å²) < 4.78 is 5.54. The van der Waals surface area contributed by atoms with E-state index in [2.05, 4.69) is 4.98 Å². The van der Waals surface area contributed by atoms with Gasteiger partial charge in [-0.1, -0.05) is 26.0 Å². The van der Waals surface area contributed by atoms with E-state index >= 15 is 0 Å². The highest BCUT2D eigenvalue weighted by molar-refractivity contribution is 5.80. The predicted octanol–water partition coefficient (Wildman–Crippen LogP) is 3.98. The third-order valence-corrected chi connectivity index (χ3v) is 4.26. The molecule has 0 saturated heterocycles. The van der Waals surface area contributed by atoms with E-state index < -0.39 is 5.60 Å². The van der Waals surface area contributed by atoms with Gasteiger partial charge in [0.15, 0.2) is 5.43 Å². The van der Waals surface area contributed by atoms with E-state index in [-0.39, 0.29) is 30.0 Å². The number of hydrogen-bond donors (Lipinski definition) is 1. The van der Waals surface area contributed by atoms with Crippen molar-refractivity contribution in [2.24, 2.45) is 5.92 Å². The lowest BCUT2D eigenvalue weighted by Crippen LogP contribution is -2.37. The van der Waals surface area contributed by atoms with Crippen molar-refractivity contribution in [1.82, 2.24) is 9.88 Å². The van der Waals surface area contributed by atoms with Gasteiger partial charge in [0, 0.05) is 22.2 Å². The van der Waals surface area contributed by atoms with Gasteiger partial charge in [-0.2, -0.15) is 0 Å². The first-order valence-electron chi connectivity index (χ1n) is 8.32. The number of hydrogen-bond acceptors (Lipinski definition) is 3. The van der Waals surface area contributed by atoms with Gasteiger partial charge in [0.2, 0.25) is 0 Å². The maximum absolute atomic E-state index is 12.8. The number of amides is 1. The van der Waals surface area contributed by atoms with Crippen LogP contribution >= 0.6 is 0 Å². The van der Waals surface area contributed by atoms with E-state index in [4.69, 9.17) is 4.74 Å². The molecule has 128 valence electrons. The maximum Gasteiger partial charge on any atom is 0.411 e. The Morgan fingerprint density at radius 3 is 2.58 bits per heavy atom. The molecule has 1 amide bonds. The number of benzene rings is 1. The summed E-state index contributed by atoms with van der Waals surface area (Å²) in [6.07, 6.45) is -0.380. The van der Waals surface area contributed by atoms with Crippen molar-refractivity contribution in [1.29, 1.82) is 0 Å². The van der Waals surface area contributed by atoms with Crippen LogP contribution in [0.25, 0.3) is 10.9 Å². The highest BCUT2D eigenvalue weighted by atomic mass is 16.6. The van der Waals surface area contributed by atoms with Crippen molar-refractivity contribution in [3.63, 3.8) is 0 Å². The van der Waals surface area contributed by atoms with Crippen molar-refractivity contribution < 1.29 is 9.53 Å². The van der Waals surface area contributed by atoms with E-state index in [0.29, 0.717) is 10.9 Å². The number of aromatic amines is 1. The lowest BCUT2D eigenvalue weighted by Gasteiger charge is -2.30. The van der Waals surface area contributed by atoms with Crippen LogP contribution in [0, 0.1) is 5.92 Å². The van der Waals surface area contributed by atoms with Crippen molar-refractivity contribution in [2.75, 3.05) is 0 Å². The minimum Gasteiger partial charge on any atom is -0.444 e. The zero-order chi connectivity index (χ0) is 17.6. The zero-order valence-corrected chi connectivity index (χ0v) is 14.8. The number of fused-ring (bicyclic) bond motifs is 2. The van der Waals surface area contributed by atoms with Crippen molar-refractivity contribution in [2.45, 2.75) is 52.8 Å². The third-order valence-electron chi connectivity index (χ3n) is 4.26. The van der Waals surface area contributed by atoms with Gasteiger partial charge < -0.3 is 9.72 Å². The first-order chi connectivity index (χ1) is 11.2. The van der Waals surface area contributed by atoms with E-state index in [1.165, 1.54) is 0 Å². The Kier molecular flexibility index (Phi) is 3.90. The van der Waals surface area contributed by atoms with Gasteiger partial charge in [0.05, 0.1) is 12.6 Å². The summed E-state index contributed by atoms with van der Waals surface area (Å²) in [6.45, 7) is 9.91. The Hall–Kier alpha value is -2.30. The van der Waals surface area contributed by atoms with Crippen LogP contribution in [-0.2, 0) is 11.3 Å². The van der Waals surface area contributed by atoms with Gasteiger partial charge in [-0.25, -0.2) is 4.79 Å². The fourth-order valence-corrected chi connectivity index (χ4v) is 3.32. The lowest BCUT2D eigenvalue weighted by atomic mass is 9.99. The monoisotopic (exact) mass is 328 g/mol. The number of ether oxygens (including phenoxy) is 1. The average Bonchev–Trinajstić information content (AvgIpc) is 2.86. The molecule has 1 aromatic heterocycles. The van der Waals surface area contributed by atoms with E-state index in [9.17, 15) is 9.59 Å². The molecular weight excluding hydrogens is 304 g/mol. The molecule has 3 rings (SSSR count). The number of carbonyl (C=O) groups is 1. The molecule has 0 radical (unpaired) electrons. The topological polar surface area (TPSA) is 62.4 Å². The van der Waals surface area contributed by atoms with Crippen LogP contribution < -0.4 is 5.43 Å². The summed E-state index contributed by atoms with van der Waals surface area (Å²) in [6, 6.07) is 7.27. The number of para-hydroxylation sites is 1. The molecule has 0 aliphatic carbocycles. The number of pyridine rings is 1. The molecule has 5 heteroatoms. The van der Waals surface area contributed by atoms with Gasteiger partial charge in [0.1, 0.15) is 5.60 Å². The average molecular weight is 328 g/mol. The second-order valence-corrected chi connectivity index (χ2v) is 7.69. The van der Waals surface area contributed by atoms with Crippen LogP contribution in [0.2, 0.25) is 0 Å². The van der Waals surface area contributed by atoms with Crippen LogP contribution in [0.1, 0.15) is 51.9 Å². The highest BCUT2D eigenvalue weighted by Gasteiger charge is 2.40. The molecule has 1 aliphatic rings. The maximum atomic E-state index is 12.8. The summed E-state index contributed by atoms with van der Waals surface area (Å²) in [5, 5.41) is 0.657. The molecule has 0 saturated carbocycles. The molecule has 0 fully saturated rings. The molecule has 2 heterocycles. The van der Waals surface area contributed by atoms with Gasteiger partial charge in [-0.05, 0) is 38.8 Å². The van der Waals surface area contributed by atoms with Gasteiger partial charge in [-0.15, -0.1) is 0 Å². The standard InChI is InChI=1S/C19H24N2O3/c1-11(2)16-15-13(10-21(16)18(23)24-19(3,4)5)17(22)12-8-6-7-9-14(12)20-15/h6-9,11,16H,10H2,1-5H3,(H,20,22). The lowest BCUT2D eigenvalue weighted by molar-refractivity contribution is 0.0124. The Balaban J connectivity index is 2.10. The first kappa shape index (κ1) is 16.6. The van der Waals surface area contributed by atoms with Crippen LogP contribution in [0.5, 0.6) is 0 Å². The smallest absolute Gasteiger partial charge is 0.411 e. The molecule has 24 heavy (non-hydrogen) atoms. The number of carbonyl (C=O) groups excluding carboxylic acids is 1. The van der Waals surface area contributed by atoms with Crippen LogP contribution in [0.3, 0.4) is 0 Å². The fraction of sp³-hybridized carbons (Fsp3) is 0.474. The Morgan fingerprint density at radius 2 is 1.96 bits per heavy atom. The number of nitrogens with zero attached hydrogens (tertiary/aromatic N) is 1. The van der Waals surface area contributed by atoms with Crippen molar-refractivity contribution in [3.8, 4) is 0 Å². The van der Waals surface area contributed by atoms with E-state index in [1.54, 1.807) is 4.90 Å². The summed E-state index contributed by atoms with van der Waals surface area (Å²) in [7, 11) is 0. The second kappa shape index (κ2) is 5.65. The third kappa shape index (κ3) is 2.79. The van der Waals surface area contributed by atoms with Crippen LogP contribution in [-0.4, -0.2) is 21.6 Å². The zero-order valence-electron chi connectivity index (χ0n) is 14.8. The van der Waals surface area contributed by atoms with Crippen LogP contribution in [0.4, 0.5) is 4.79 Å². The number of rotatable bonds is 1. The van der Waals surface area contributed by atoms with Gasteiger partial charge in [0.25, 0.3) is 0 Å². The number of nitrogens with one attached hydrogen (secondary N) is 1. The Bertz CT molecular complexity index is 846. The molecule has 1 atom stereocenters. The Morgan fingerprint density at radius 1 is 1.29 bits per heavy atom. The minimum atomic E-state index is -0.567. The molecule has 0 spiro atoms. The first-order valence-corrected chi connectivity index (χ1v) is 8.32. The van der Waals surface area contributed by atoms with E-state index in [0.717, 1.165) is 11.2 Å². The largest absolute Gasteiger partial charge is 0.444 e. The molecule has 1 aliphatic heterocycles. The summed E-state index contributed by atoms with van der Waals surface area (Å²) in [5.41, 5.74) is 1.73. The van der Waals surface area contributed by atoms with Gasteiger partial charge >= 0.3 is 6.09 Å². The summed E-state index contributed by atoms with van der Waals surface area (Å²) >= 11 is 0. The molecule has 2 aromatic rings. The fourth-order valence-electron chi connectivity index (χ4n) is 3.32. The summed E-state index contributed by atoms with van der Waals surface area (Å²) in [4.78, 5) is 30.5. The molecule has 1 aromatic carbocycles. The summed E-state index contributed by atoms with van der Waals surface area (Å²) in [5.74, 6) is 0.163. The van der Waals surface area contributed by atoms with Crippen molar-refractivity contribution in [3.05, 3.63) is 45.7 Å². The molecule has 5 nitrogen and oxygen atoms in total. The highest BCUT2D eigenvalue weighted by Crippen LogP contribution is 2.37. The van der Waals surface area contributed by atoms with E-state index in [1.807, 2.05) is 58.9 Å². The number of H-pyrrole nitrogens is 1. The second-order valence-electron chi connectivity index (χ2n) is 7.69. The predicted molar refractivity (Wildman–Crippen MR) is 93.9 cm³/mol. The van der Waals surface area contributed by atoms with Crippen molar-refractivity contribution >= 4 is 17.0 Å². The van der Waals surface area contributed by atoms with Gasteiger partial charge in [-0.3, -0.25) is 9.69 Å². The quantitative estimate of drug-likeness (QED) is 0.861. The normalized spacial score (nSPS) is 17.4. The van der Waals surface area contributed by atoms with Crippen LogP contribution in [0.15, 0.2) is 29.1 Å². The molecule has 0 bridgehead atoms. The minimum absolute atomic E-state index is 0.00365. The molecule has 1 N–H and O–H groups in total. The number of aromatic nitrogens is 1. The molecule has 1 unspecified atom stereocenters. The Labute approximate surface area is 141 Å². The molecular formula is C19H24N2O3. The SMILES string of the molecule is CC(C)C1c2[nH]c3ccccc3c(=O)c2CN1C(=O)OC(C)(C)C.